The molecule has 0 aromatic carbocycles. The van der Waals surface area contributed by atoms with E-state index < -0.39 is 0 Å². The fourth-order valence-corrected chi connectivity index (χ4v) is 3.07. The summed E-state index contributed by atoms with van der Waals surface area (Å²) in [6, 6.07) is 0. The molecule has 2 atom stereocenters. The van der Waals surface area contributed by atoms with Crippen molar-refractivity contribution in [3.63, 3.8) is 0 Å². The zero-order valence-electron chi connectivity index (χ0n) is 16.5. The Balaban J connectivity index is 3.42. The van der Waals surface area contributed by atoms with Crippen molar-refractivity contribution in [2.24, 2.45) is 0 Å². The van der Waals surface area contributed by atoms with Gasteiger partial charge < -0.3 is 10.2 Å². The molecular weight excluding hydrogens is 296 g/mol. The van der Waals surface area contributed by atoms with Gasteiger partial charge in [0.1, 0.15) is 0 Å². The minimum Gasteiger partial charge on any atom is -0.389 e. The van der Waals surface area contributed by atoms with Crippen molar-refractivity contribution in [1.29, 1.82) is 0 Å². The van der Waals surface area contributed by atoms with E-state index in [2.05, 4.69) is 13.8 Å². The quantitative estimate of drug-likeness (QED) is 0.219. The first-order valence-electron chi connectivity index (χ1n) is 10.7. The van der Waals surface area contributed by atoms with Crippen molar-refractivity contribution in [2.75, 3.05) is 0 Å². The standard InChI is InChI=1S/C22H44O2/c1-3-5-7-9-10-11-12-14-16-18-22(24)20-19-21(23)17-15-13-8-6-4-2/h19-24H,3-18H2,1-2H3/b20-19+/t21-,22+/m0/s1. The lowest BCUT2D eigenvalue weighted by Gasteiger charge is -2.08. The average Bonchev–Trinajstić information content (AvgIpc) is 2.58. The molecule has 0 unspecified atom stereocenters. The SMILES string of the molecule is CCCCCCCCCCC[C@@H](O)/C=C/[C@@H](O)CCCCCCC. The fourth-order valence-electron chi connectivity index (χ4n) is 3.07. The Labute approximate surface area is 151 Å². The van der Waals surface area contributed by atoms with Crippen LogP contribution in [0.1, 0.15) is 117 Å². The Bertz CT molecular complexity index is 263. The highest BCUT2D eigenvalue weighted by Crippen LogP contribution is 2.12. The van der Waals surface area contributed by atoms with Gasteiger partial charge in [-0.05, 0) is 12.8 Å². The first-order valence-corrected chi connectivity index (χ1v) is 10.7. The minimum absolute atomic E-state index is 0.385. The Morgan fingerprint density at radius 1 is 0.500 bits per heavy atom. The van der Waals surface area contributed by atoms with Gasteiger partial charge in [0.2, 0.25) is 0 Å². The molecule has 0 amide bonds. The van der Waals surface area contributed by atoms with E-state index in [1.54, 1.807) is 12.2 Å². The largest absolute Gasteiger partial charge is 0.389 e. The van der Waals surface area contributed by atoms with Gasteiger partial charge in [-0.15, -0.1) is 0 Å². The van der Waals surface area contributed by atoms with E-state index in [1.165, 1.54) is 77.0 Å². The Morgan fingerprint density at radius 2 is 0.792 bits per heavy atom. The molecule has 0 aromatic rings. The van der Waals surface area contributed by atoms with Crippen LogP contribution < -0.4 is 0 Å². The van der Waals surface area contributed by atoms with Crippen LogP contribution >= 0.6 is 0 Å². The van der Waals surface area contributed by atoms with Crippen molar-refractivity contribution in [3.05, 3.63) is 12.2 Å². The zero-order chi connectivity index (χ0) is 17.9. The molecule has 0 aliphatic carbocycles. The van der Waals surface area contributed by atoms with Crippen molar-refractivity contribution >= 4 is 0 Å². The topological polar surface area (TPSA) is 40.5 Å². The summed E-state index contributed by atoms with van der Waals surface area (Å²) in [6.45, 7) is 4.47. The van der Waals surface area contributed by atoms with Crippen molar-refractivity contribution < 1.29 is 10.2 Å². The number of rotatable bonds is 18. The molecule has 0 fully saturated rings. The lowest BCUT2D eigenvalue weighted by molar-refractivity contribution is 0.192. The maximum atomic E-state index is 9.94. The number of hydrogen-bond donors (Lipinski definition) is 2. The van der Waals surface area contributed by atoms with E-state index >= 15 is 0 Å². The Hall–Kier alpha value is -0.340. The first-order chi connectivity index (χ1) is 11.7. The number of hydrogen-bond acceptors (Lipinski definition) is 2. The molecule has 0 spiro atoms. The van der Waals surface area contributed by atoms with Crippen molar-refractivity contribution in [1.82, 2.24) is 0 Å². The molecule has 0 heterocycles. The van der Waals surface area contributed by atoms with Gasteiger partial charge in [-0.1, -0.05) is 116 Å². The first kappa shape index (κ1) is 23.7. The van der Waals surface area contributed by atoms with Crippen LogP contribution in [-0.2, 0) is 0 Å². The van der Waals surface area contributed by atoms with Crippen LogP contribution in [0.25, 0.3) is 0 Å². The van der Waals surface area contributed by atoms with Gasteiger partial charge in [-0.2, -0.15) is 0 Å². The highest BCUT2D eigenvalue weighted by molar-refractivity contribution is 4.93. The average molecular weight is 341 g/mol. The van der Waals surface area contributed by atoms with Crippen LogP contribution in [0.3, 0.4) is 0 Å². The second kappa shape index (κ2) is 19.0. The third-order valence-corrected chi connectivity index (χ3v) is 4.76. The normalized spacial score (nSPS) is 14.3. The molecule has 2 N–H and O–H groups in total. The van der Waals surface area contributed by atoms with Gasteiger partial charge in [-0.25, -0.2) is 0 Å². The van der Waals surface area contributed by atoms with Crippen LogP contribution in [0, 0.1) is 0 Å². The summed E-state index contributed by atoms with van der Waals surface area (Å²) in [4.78, 5) is 0. The summed E-state index contributed by atoms with van der Waals surface area (Å²) in [5.41, 5.74) is 0. The molecule has 24 heavy (non-hydrogen) atoms. The molecule has 0 bridgehead atoms. The van der Waals surface area contributed by atoms with Crippen LogP contribution in [0.15, 0.2) is 12.2 Å². The van der Waals surface area contributed by atoms with E-state index in [1.807, 2.05) is 0 Å². The van der Waals surface area contributed by atoms with Gasteiger partial charge in [0, 0.05) is 0 Å². The lowest BCUT2D eigenvalue weighted by atomic mass is 10.0. The van der Waals surface area contributed by atoms with Gasteiger partial charge in [-0.3, -0.25) is 0 Å². The van der Waals surface area contributed by atoms with E-state index in [0.29, 0.717) is 0 Å². The third-order valence-electron chi connectivity index (χ3n) is 4.76. The Morgan fingerprint density at radius 3 is 1.12 bits per heavy atom. The third kappa shape index (κ3) is 18.0. The summed E-state index contributed by atoms with van der Waals surface area (Å²) < 4.78 is 0. The second-order valence-corrected chi connectivity index (χ2v) is 7.34. The second-order valence-electron chi connectivity index (χ2n) is 7.34. The van der Waals surface area contributed by atoms with Crippen molar-refractivity contribution in [2.45, 2.75) is 129 Å². The molecule has 0 rings (SSSR count). The Kier molecular flexibility index (Phi) is 18.7. The zero-order valence-corrected chi connectivity index (χ0v) is 16.5. The van der Waals surface area contributed by atoms with Gasteiger partial charge in [0.05, 0.1) is 12.2 Å². The maximum absolute atomic E-state index is 9.94. The predicted molar refractivity (Wildman–Crippen MR) is 106 cm³/mol. The molecule has 0 radical (unpaired) electrons. The van der Waals surface area contributed by atoms with Gasteiger partial charge in [0.15, 0.2) is 0 Å². The fraction of sp³-hybridized carbons (Fsp3) is 0.909. The lowest BCUT2D eigenvalue weighted by Crippen LogP contribution is -2.06. The molecule has 0 aliphatic heterocycles. The van der Waals surface area contributed by atoms with E-state index in [9.17, 15) is 10.2 Å². The van der Waals surface area contributed by atoms with Crippen LogP contribution in [-0.4, -0.2) is 22.4 Å². The predicted octanol–water partition coefficient (Wildman–Crippen LogP) is 6.55. The van der Waals surface area contributed by atoms with Crippen LogP contribution in [0.4, 0.5) is 0 Å². The summed E-state index contributed by atoms with van der Waals surface area (Å²) >= 11 is 0. The molecule has 0 saturated carbocycles. The summed E-state index contributed by atoms with van der Waals surface area (Å²) in [6.07, 6.45) is 22.4. The monoisotopic (exact) mass is 340 g/mol. The molecule has 2 heteroatoms. The van der Waals surface area contributed by atoms with Crippen LogP contribution in [0.5, 0.6) is 0 Å². The highest BCUT2D eigenvalue weighted by atomic mass is 16.3. The molecule has 0 aliphatic rings. The summed E-state index contributed by atoms with van der Waals surface area (Å²) in [5, 5.41) is 19.8. The maximum Gasteiger partial charge on any atom is 0.0721 e. The molecule has 0 aromatic heterocycles. The van der Waals surface area contributed by atoms with Crippen LogP contribution in [0.2, 0.25) is 0 Å². The number of unbranched alkanes of at least 4 members (excludes halogenated alkanes) is 12. The molecular formula is C22H44O2. The van der Waals surface area contributed by atoms with E-state index in [0.717, 1.165) is 25.7 Å². The minimum atomic E-state index is -0.385. The van der Waals surface area contributed by atoms with Gasteiger partial charge >= 0.3 is 0 Å². The summed E-state index contributed by atoms with van der Waals surface area (Å²) in [5.74, 6) is 0. The number of aliphatic hydroxyl groups is 2. The molecule has 2 nitrogen and oxygen atoms in total. The molecule has 0 saturated heterocycles. The van der Waals surface area contributed by atoms with E-state index in [-0.39, 0.29) is 12.2 Å². The summed E-state index contributed by atoms with van der Waals surface area (Å²) in [7, 11) is 0. The number of aliphatic hydroxyl groups excluding tert-OH is 2. The highest BCUT2D eigenvalue weighted by Gasteiger charge is 2.03. The van der Waals surface area contributed by atoms with Crippen molar-refractivity contribution in [3.8, 4) is 0 Å². The van der Waals surface area contributed by atoms with E-state index in [4.69, 9.17) is 0 Å². The molecule has 144 valence electrons. The van der Waals surface area contributed by atoms with Gasteiger partial charge in [0.25, 0.3) is 0 Å². The smallest absolute Gasteiger partial charge is 0.0721 e.